The molecule has 21 heavy (non-hydrogen) atoms. The molecule has 1 saturated heterocycles. The number of nitrogens with zero attached hydrogens (tertiary/aromatic N) is 1. The Bertz CT molecular complexity index is 467. The van der Waals surface area contributed by atoms with Crippen molar-refractivity contribution in [2.24, 2.45) is 5.73 Å². The summed E-state index contributed by atoms with van der Waals surface area (Å²) in [6, 6.07) is 7.75. The average Bonchev–Trinajstić information content (AvgIpc) is 2.53. The molecule has 1 aromatic rings. The lowest BCUT2D eigenvalue weighted by Gasteiger charge is -2.36. The molecule has 0 saturated carbocycles. The van der Waals surface area contributed by atoms with Gasteiger partial charge in [-0.25, -0.2) is 0 Å². The van der Waals surface area contributed by atoms with Crippen molar-refractivity contribution >= 4 is 5.91 Å². The molecule has 1 heterocycles. The lowest BCUT2D eigenvalue weighted by Crippen LogP contribution is -2.57. The Balaban J connectivity index is 2.05. The number of benzene rings is 1. The number of carbonyl (C=O) groups is 1. The van der Waals surface area contributed by atoms with E-state index in [0.29, 0.717) is 39.1 Å². The first-order chi connectivity index (χ1) is 10.1. The van der Waals surface area contributed by atoms with Crippen LogP contribution in [-0.2, 0) is 16.1 Å². The molecule has 1 aliphatic rings. The predicted molar refractivity (Wildman–Crippen MR) is 81.1 cm³/mol. The minimum absolute atomic E-state index is 0.0177. The summed E-state index contributed by atoms with van der Waals surface area (Å²) in [6.45, 7) is 4.30. The van der Waals surface area contributed by atoms with Crippen LogP contribution in [0.3, 0.4) is 0 Å². The second kappa shape index (κ2) is 6.91. The number of hydrogen-bond acceptors (Lipinski definition) is 4. The smallest absolute Gasteiger partial charge is 0.243 e. The molecule has 5 heteroatoms. The van der Waals surface area contributed by atoms with Crippen LogP contribution in [-0.4, -0.2) is 43.2 Å². The van der Waals surface area contributed by atoms with E-state index in [-0.39, 0.29) is 5.91 Å². The van der Waals surface area contributed by atoms with E-state index in [1.165, 1.54) is 0 Å². The number of rotatable bonds is 5. The van der Waals surface area contributed by atoms with Crippen molar-refractivity contribution < 1.29 is 14.3 Å². The van der Waals surface area contributed by atoms with Gasteiger partial charge in [0.2, 0.25) is 5.91 Å². The van der Waals surface area contributed by atoms with Gasteiger partial charge in [0, 0.05) is 26.3 Å². The normalized spacial score (nSPS) is 17.3. The van der Waals surface area contributed by atoms with E-state index in [9.17, 15) is 4.79 Å². The Morgan fingerprint density at radius 2 is 1.95 bits per heavy atom. The molecule has 2 N–H and O–H groups in total. The summed E-state index contributed by atoms with van der Waals surface area (Å²) in [7, 11) is 1.64. The van der Waals surface area contributed by atoms with Gasteiger partial charge in [0.15, 0.2) is 0 Å². The van der Waals surface area contributed by atoms with Gasteiger partial charge in [0.1, 0.15) is 5.75 Å². The number of carbonyl (C=O) groups excluding carboxylic acids is 1. The van der Waals surface area contributed by atoms with Gasteiger partial charge >= 0.3 is 0 Å². The standard InChI is InChI=1S/C16H24N2O3/c1-3-18(12-13-4-6-14(20-2)7-5-13)15(19)16(17)8-10-21-11-9-16/h4-7H,3,8-12,17H2,1-2H3. The second-order valence-corrected chi connectivity index (χ2v) is 5.44. The lowest BCUT2D eigenvalue weighted by atomic mass is 9.89. The minimum atomic E-state index is -0.777. The summed E-state index contributed by atoms with van der Waals surface area (Å²) in [5, 5.41) is 0. The zero-order valence-electron chi connectivity index (χ0n) is 12.8. The quantitative estimate of drug-likeness (QED) is 0.894. The van der Waals surface area contributed by atoms with Gasteiger partial charge < -0.3 is 20.1 Å². The van der Waals surface area contributed by atoms with Gasteiger partial charge in [-0.05, 0) is 37.5 Å². The molecule has 1 aromatic carbocycles. The van der Waals surface area contributed by atoms with E-state index in [0.717, 1.165) is 11.3 Å². The molecule has 0 atom stereocenters. The van der Waals surface area contributed by atoms with E-state index in [1.807, 2.05) is 36.1 Å². The number of hydrogen-bond donors (Lipinski definition) is 1. The third-order valence-corrected chi connectivity index (χ3v) is 4.01. The Morgan fingerprint density at radius 3 is 2.48 bits per heavy atom. The Kier molecular flexibility index (Phi) is 5.20. The maximum atomic E-state index is 12.7. The summed E-state index contributed by atoms with van der Waals surface area (Å²) in [6.07, 6.45) is 1.18. The van der Waals surface area contributed by atoms with Crippen molar-refractivity contribution in [2.75, 3.05) is 26.9 Å². The Morgan fingerprint density at radius 1 is 1.33 bits per heavy atom. The SMILES string of the molecule is CCN(Cc1ccc(OC)cc1)C(=O)C1(N)CCOCC1. The molecule has 1 fully saturated rings. The first kappa shape index (κ1) is 15.8. The van der Waals surface area contributed by atoms with E-state index in [1.54, 1.807) is 7.11 Å². The summed E-state index contributed by atoms with van der Waals surface area (Å²) in [5.41, 5.74) is 6.58. The summed E-state index contributed by atoms with van der Waals surface area (Å²) >= 11 is 0. The summed E-state index contributed by atoms with van der Waals surface area (Å²) < 4.78 is 10.5. The zero-order valence-corrected chi connectivity index (χ0v) is 12.8. The fourth-order valence-electron chi connectivity index (χ4n) is 2.54. The molecule has 0 spiro atoms. The van der Waals surface area contributed by atoms with E-state index in [2.05, 4.69) is 0 Å². The van der Waals surface area contributed by atoms with E-state index < -0.39 is 5.54 Å². The first-order valence-corrected chi connectivity index (χ1v) is 7.38. The molecule has 0 radical (unpaired) electrons. The van der Waals surface area contributed by atoms with Crippen LogP contribution < -0.4 is 10.5 Å². The van der Waals surface area contributed by atoms with Crippen LogP contribution in [0.5, 0.6) is 5.75 Å². The van der Waals surface area contributed by atoms with Crippen molar-refractivity contribution in [3.63, 3.8) is 0 Å². The Labute approximate surface area is 126 Å². The Hall–Kier alpha value is -1.59. The highest BCUT2D eigenvalue weighted by molar-refractivity contribution is 5.86. The van der Waals surface area contributed by atoms with Crippen molar-refractivity contribution in [2.45, 2.75) is 31.8 Å². The zero-order chi connectivity index (χ0) is 15.3. The fraction of sp³-hybridized carbons (Fsp3) is 0.562. The van der Waals surface area contributed by atoms with Gasteiger partial charge in [-0.1, -0.05) is 12.1 Å². The maximum absolute atomic E-state index is 12.7. The molecule has 0 bridgehead atoms. The molecule has 0 unspecified atom stereocenters. The van der Waals surface area contributed by atoms with Crippen LogP contribution in [0.1, 0.15) is 25.3 Å². The number of amides is 1. The molecule has 0 aliphatic carbocycles. The topological polar surface area (TPSA) is 64.8 Å². The minimum Gasteiger partial charge on any atom is -0.497 e. The molecule has 2 rings (SSSR count). The maximum Gasteiger partial charge on any atom is 0.243 e. The van der Waals surface area contributed by atoms with Crippen molar-refractivity contribution in [1.29, 1.82) is 0 Å². The van der Waals surface area contributed by atoms with Crippen LogP contribution in [0.4, 0.5) is 0 Å². The van der Waals surface area contributed by atoms with Gasteiger partial charge in [0.05, 0.1) is 12.6 Å². The van der Waals surface area contributed by atoms with Crippen molar-refractivity contribution in [3.8, 4) is 5.75 Å². The van der Waals surface area contributed by atoms with Gasteiger partial charge in [-0.15, -0.1) is 0 Å². The third-order valence-electron chi connectivity index (χ3n) is 4.01. The monoisotopic (exact) mass is 292 g/mol. The second-order valence-electron chi connectivity index (χ2n) is 5.44. The molecule has 0 aromatic heterocycles. The van der Waals surface area contributed by atoms with Gasteiger partial charge in [0.25, 0.3) is 0 Å². The highest BCUT2D eigenvalue weighted by Gasteiger charge is 2.38. The number of ether oxygens (including phenoxy) is 2. The molecule has 1 amide bonds. The fourth-order valence-corrected chi connectivity index (χ4v) is 2.54. The molecular weight excluding hydrogens is 268 g/mol. The predicted octanol–water partition coefficient (Wildman–Crippen LogP) is 1.55. The number of nitrogens with two attached hydrogens (primary N) is 1. The lowest BCUT2D eigenvalue weighted by molar-refractivity contribution is -0.141. The van der Waals surface area contributed by atoms with Crippen LogP contribution >= 0.6 is 0 Å². The van der Waals surface area contributed by atoms with Crippen molar-refractivity contribution in [3.05, 3.63) is 29.8 Å². The van der Waals surface area contributed by atoms with Crippen LogP contribution in [0.2, 0.25) is 0 Å². The first-order valence-electron chi connectivity index (χ1n) is 7.38. The molecule has 116 valence electrons. The summed E-state index contributed by atoms with van der Waals surface area (Å²) in [4.78, 5) is 14.5. The third kappa shape index (κ3) is 3.74. The molecular formula is C16H24N2O3. The van der Waals surface area contributed by atoms with E-state index in [4.69, 9.17) is 15.2 Å². The number of methoxy groups -OCH3 is 1. The summed E-state index contributed by atoms with van der Waals surface area (Å²) in [5.74, 6) is 0.831. The van der Waals surface area contributed by atoms with Crippen LogP contribution in [0, 0.1) is 0 Å². The largest absolute Gasteiger partial charge is 0.497 e. The van der Waals surface area contributed by atoms with Crippen LogP contribution in [0.15, 0.2) is 24.3 Å². The van der Waals surface area contributed by atoms with Crippen LogP contribution in [0.25, 0.3) is 0 Å². The average molecular weight is 292 g/mol. The molecule has 5 nitrogen and oxygen atoms in total. The molecule has 1 aliphatic heterocycles. The number of likely N-dealkylation sites (N-methyl/N-ethyl adjacent to an activating group) is 1. The van der Waals surface area contributed by atoms with Gasteiger partial charge in [-0.3, -0.25) is 4.79 Å². The van der Waals surface area contributed by atoms with Gasteiger partial charge in [-0.2, -0.15) is 0 Å². The van der Waals surface area contributed by atoms with Crippen molar-refractivity contribution in [1.82, 2.24) is 4.90 Å². The highest BCUT2D eigenvalue weighted by atomic mass is 16.5. The van der Waals surface area contributed by atoms with E-state index >= 15 is 0 Å². The highest BCUT2D eigenvalue weighted by Crippen LogP contribution is 2.22.